The Bertz CT molecular complexity index is 863. The molecule has 0 bridgehead atoms. The summed E-state index contributed by atoms with van der Waals surface area (Å²) in [4.78, 5) is 8.80. The van der Waals surface area contributed by atoms with Crippen molar-refractivity contribution in [1.82, 2.24) is 9.97 Å². The lowest BCUT2D eigenvalue weighted by Gasteiger charge is -2.07. The standard InChI is InChI=1S/C22H21N3O/c1-2-3-4-13-26-21-15-24-22(25-16-21)20-11-9-19(10-12-20)18-7-5-17(14-23)6-8-18/h5-12,15-16H,2-4,13H2,1H3. The highest BCUT2D eigenvalue weighted by Crippen LogP contribution is 2.24. The van der Waals surface area contributed by atoms with Gasteiger partial charge in [-0.3, -0.25) is 0 Å². The van der Waals surface area contributed by atoms with E-state index in [9.17, 15) is 0 Å². The largest absolute Gasteiger partial charge is 0.490 e. The molecule has 2 aromatic carbocycles. The molecule has 0 aliphatic heterocycles. The third-order valence-electron chi connectivity index (χ3n) is 4.14. The molecule has 1 aromatic heterocycles. The van der Waals surface area contributed by atoms with Gasteiger partial charge in [0.15, 0.2) is 11.6 Å². The van der Waals surface area contributed by atoms with Gasteiger partial charge in [-0.15, -0.1) is 0 Å². The van der Waals surface area contributed by atoms with Crippen molar-refractivity contribution in [3.63, 3.8) is 0 Å². The van der Waals surface area contributed by atoms with Gasteiger partial charge in [-0.25, -0.2) is 9.97 Å². The van der Waals surface area contributed by atoms with Crippen LogP contribution in [-0.4, -0.2) is 16.6 Å². The van der Waals surface area contributed by atoms with E-state index < -0.39 is 0 Å². The van der Waals surface area contributed by atoms with Crippen LogP contribution in [0.4, 0.5) is 0 Å². The first-order valence-electron chi connectivity index (χ1n) is 8.86. The van der Waals surface area contributed by atoms with E-state index in [0.29, 0.717) is 23.7 Å². The number of unbranched alkanes of at least 4 members (excludes halogenated alkanes) is 2. The van der Waals surface area contributed by atoms with Gasteiger partial charge in [-0.2, -0.15) is 5.26 Å². The van der Waals surface area contributed by atoms with Gasteiger partial charge in [-0.1, -0.05) is 56.2 Å². The van der Waals surface area contributed by atoms with Crippen molar-refractivity contribution in [2.24, 2.45) is 0 Å². The summed E-state index contributed by atoms with van der Waals surface area (Å²) in [7, 11) is 0. The number of hydrogen-bond acceptors (Lipinski definition) is 4. The summed E-state index contributed by atoms with van der Waals surface area (Å²) in [5, 5.41) is 8.88. The molecule has 3 rings (SSSR count). The van der Waals surface area contributed by atoms with Gasteiger partial charge in [0.2, 0.25) is 0 Å². The monoisotopic (exact) mass is 343 g/mol. The molecule has 0 spiro atoms. The molecular formula is C22H21N3O. The second-order valence-electron chi connectivity index (χ2n) is 6.06. The molecule has 0 N–H and O–H groups in total. The summed E-state index contributed by atoms with van der Waals surface area (Å²) < 4.78 is 5.65. The van der Waals surface area contributed by atoms with E-state index in [-0.39, 0.29) is 0 Å². The van der Waals surface area contributed by atoms with Crippen LogP contribution in [0.15, 0.2) is 60.9 Å². The molecule has 0 amide bonds. The highest BCUT2D eigenvalue weighted by atomic mass is 16.5. The van der Waals surface area contributed by atoms with Crippen LogP contribution in [0.5, 0.6) is 5.75 Å². The maximum atomic E-state index is 8.88. The lowest BCUT2D eigenvalue weighted by atomic mass is 10.0. The Hall–Kier alpha value is -3.19. The fourth-order valence-corrected chi connectivity index (χ4v) is 2.63. The molecule has 0 saturated carbocycles. The average molecular weight is 343 g/mol. The van der Waals surface area contributed by atoms with Gasteiger partial charge in [-0.05, 0) is 29.7 Å². The van der Waals surface area contributed by atoms with E-state index in [1.807, 2.05) is 48.5 Å². The molecule has 130 valence electrons. The van der Waals surface area contributed by atoms with Crippen LogP contribution in [-0.2, 0) is 0 Å². The van der Waals surface area contributed by atoms with Crippen LogP contribution in [0.1, 0.15) is 31.7 Å². The normalized spacial score (nSPS) is 10.3. The Balaban J connectivity index is 1.67. The molecule has 1 heterocycles. The molecule has 3 aromatic rings. The van der Waals surface area contributed by atoms with E-state index >= 15 is 0 Å². The van der Waals surface area contributed by atoms with E-state index in [1.165, 1.54) is 12.8 Å². The quantitative estimate of drug-likeness (QED) is 0.550. The summed E-state index contributed by atoms with van der Waals surface area (Å²) in [6.45, 7) is 2.88. The Kier molecular flexibility index (Phi) is 5.95. The van der Waals surface area contributed by atoms with E-state index in [2.05, 4.69) is 23.0 Å². The number of rotatable bonds is 7. The van der Waals surface area contributed by atoms with Gasteiger partial charge < -0.3 is 4.74 Å². The number of ether oxygens (including phenoxy) is 1. The molecule has 0 aliphatic carbocycles. The van der Waals surface area contributed by atoms with Crippen LogP contribution in [0.2, 0.25) is 0 Å². The minimum Gasteiger partial charge on any atom is -0.490 e. The van der Waals surface area contributed by atoms with Crippen molar-refractivity contribution in [2.45, 2.75) is 26.2 Å². The second kappa shape index (κ2) is 8.77. The summed E-state index contributed by atoms with van der Waals surface area (Å²) in [5.74, 6) is 1.39. The molecule has 0 aliphatic rings. The van der Waals surface area contributed by atoms with Crippen molar-refractivity contribution in [3.8, 4) is 34.3 Å². The van der Waals surface area contributed by atoms with E-state index in [0.717, 1.165) is 23.1 Å². The number of nitrogens with zero attached hydrogens (tertiary/aromatic N) is 3. The molecule has 0 fully saturated rings. The summed E-state index contributed by atoms with van der Waals surface area (Å²) in [5.41, 5.74) is 3.79. The summed E-state index contributed by atoms with van der Waals surface area (Å²) in [6, 6.07) is 17.8. The van der Waals surface area contributed by atoms with Crippen LogP contribution in [0.3, 0.4) is 0 Å². The Morgan fingerprint density at radius 1 is 0.846 bits per heavy atom. The maximum Gasteiger partial charge on any atom is 0.159 e. The van der Waals surface area contributed by atoms with Crippen LogP contribution in [0.25, 0.3) is 22.5 Å². The summed E-state index contributed by atoms with van der Waals surface area (Å²) >= 11 is 0. The zero-order valence-corrected chi connectivity index (χ0v) is 14.9. The first kappa shape index (κ1) is 17.6. The number of hydrogen-bond donors (Lipinski definition) is 0. The Labute approximate surface area is 154 Å². The average Bonchev–Trinajstić information content (AvgIpc) is 2.72. The molecule has 0 saturated heterocycles. The third-order valence-corrected chi connectivity index (χ3v) is 4.14. The van der Waals surface area contributed by atoms with Crippen LogP contribution < -0.4 is 4.74 Å². The van der Waals surface area contributed by atoms with Crippen molar-refractivity contribution in [2.75, 3.05) is 6.61 Å². The fourth-order valence-electron chi connectivity index (χ4n) is 2.63. The van der Waals surface area contributed by atoms with Gasteiger partial charge >= 0.3 is 0 Å². The van der Waals surface area contributed by atoms with E-state index in [4.69, 9.17) is 10.00 Å². The molecule has 26 heavy (non-hydrogen) atoms. The highest BCUT2D eigenvalue weighted by Gasteiger charge is 2.04. The predicted octanol–water partition coefficient (Wildman–Crippen LogP) is 5.25. The smallest absolute Gasteiger partial charge is 0.159 e. The highest BCUT2D eigenvalue weighted by molar-refractivity contribution is 5.68. The van der Waals surface area contributed by atoms with Gasteiger partial charge in [0.1, 0.15) is 0 Å². The lowest BCUT2D eigenvalue weighted by Crippen LogP contribution is -1.98. The van der Waals surface area contributed by atoms with Crippen molar-refractivity contribution >= 4 is 0 Å². The molecular weight excluding hydrogens is 322 g/mol. The van der Waals surface area contributed by atoms with Crippen LogP contribution >= 0.6 is 0 Å². The van der Waals surface area contributed by atoms with Crippen molar-refractivity contribution < 1.29 is 4.74 Å². The summed E-state index contributed by atoms with van der Waals surface area (Å²) in [6.07, 6.45) is 6.85. The first-order valence-corrected chi connectivity index (χ1v) is 8.86. The van der Waals surface area contributed by atoms with E-state index in [1.54, 1.807) is 12.4 Å². The van der Waals surface area contributed by atoms with Crippen molar-refractivity contribution in [1.29, 1.82) is 5.26 Å². The number of aromatic nitrogens is 2. The second-order valence-corrected chi connectivity index (χ2v) is 6.06. The lowest BCUT2D eigenvalue weighted by molar-refractivity contribution is 0.304. The molecule has 4 heteroatoms. The third kappa shape index (κ3) is 4.46. The van der Waals surface area contributed by atoms with Crippen molar-refractivity contribution in [3.05, 3.63) is 66.5 Å². The van der Waals surface area contributed by atoms with Gasteiger partial charge in [0.25, 0.3) is 0 Å². The SMILES string of the molecule is CCCCCOc1cnc(-c2ccc(-c3ccc(C#N)cc3)cc2)nc1. The number of nitriles is 1. The van der Waals surface area contributed by atoms with Crippen LogP contribution in [0, 0.1) is 11.3 Å². The minimum absolute atomic E-state index is 0.663. The number of benzene rings is 2. The fraction of sp³-hybridized carbons (Fsp3) is 0.227. The molecule has 0 atom stereocenters. The van der Waals surface area contributed by atoms with Gasteiger partial charge in [0.05, 0.1) is 30.6 Å². The zero-order chi connectivity index (χ0) is 18.2. The minimum atomic E-state index is 0.663. The predicted molar refractivity (Wildman–Crippen MR) is 103 cm³/mol. The zero-order valence-electron chi connectivity index (χ0n) is 14.9. The Morgan fingerprint density at radius 3 is 2.00 bits per heavy atom. The molecule has 0 radical (unpaired) electrons. The maximum absolute atomic E-state index is 8.88. The Morgan fingerprint density at radius 2 is 1.42 bits per heavy atom. The van der Waals surface area contributed by atoms with Gasteiger partial charge in [0, 0.05) is 5.56 Å². The molecule has 4 nitrogen and oxygen atoms in total. The first-order chi connectivity index (χ1) is 12.8. The molecule has 0 unspecified atom stereocenters. The topological polar surface area (TPSA) is 58.8 Å².